The van der Waals surface area contributed by atoms with Crippen LogP contribution < -0.4 is 10.5 Å². The van der Waals surface area contributed by atoms with Gasteiger partial charge >= 0.3 is 0 Å². The highest BCUT2D eigenvalue weighted by molar-refractivity contribution is 6.30. The van der Waals surface area contributed by atoms with Crippen molar-refractivity contribution in [2.75, 3.05) is 12.3 Å². The Hall–Kier alpha value is -1.71. The van der Waals surface area contributed by atoms with Crippen molar-refractivity contribution in [3.05, 3.63) is 58.6 Å². The number of rotatable bonds is 5. The van der Waals surface area contributed by atoms with Crippen LogP contribution in [0.25, 0.3) is 0 Å². The van der Waals surface area contributed by atoms with E-state index in [1.165, 1.54) is 0 Å². The molecule has 0 amide bonds. The normalized spacial score (nSPS) is 10.4. The van der Waals surface area contributed by atoms with Gasteiger partial charge in [-0.3, -0.25) is 0 Å². The predicted molar refractivity (Wildman–Crippen MR) is 77.4 cm³/mol. The Bertz CT molecular complexity index is 558. The molecule has 4 heteroatoms. The number of aliphatic hydroxyl groups excluding tert-OH is 1. The number of anilines is 1. The molecule has 3 N–H and O–H groups in total. The summed E-state index contributed by atoms with van der Waals surface area (Å²) >= 11 is 5.94. The third-order valence-corrected chi connectivity index (χ3v) is 3.08. The maximum Gasteiger partial charge on any atom is 0.123 e. The molecule has 19 heavy (non-hydrogen) atoms. The molecule has 2 aromatic rings. The van der Waals surface area contributed by atoms with Gasteiger partial charge in [-0.05, 0) is 36.2 Å². The zero-order chi connectivity index (χ0) is 13.7. The van der Waals surface area contributed by atoms with Gasteiger partial charge in [-0.25, -0.2) is 0 Å². The summed E-state index contributed by atoms with van der Waals surface area (Å²) in [4.78, 5) is 0. The van der Waals surface area contributed by atoms with Gasteiger partial charge in [0.25, 0.3) is 0 Å². The monoisotopic (exact) mass is 277 g/mol. The molecule has 0 atom stereocenters. The van der Waals surface area contributed by atoms with Crippen LogP contribution in [-0.4, -0.2) is 11.7 Å². The van der Waals surface area contributed by atoms with E-state index in [4.69, 9.17) is 27.2 Å². The van der Waals surface area contributed by atoms with E-state index in [0.717, 1.165) is 16.9 Å². The second-order valence-corrected chi connectivity index (χ2v) is 4.65. The summed E-state index contributed by atoms with van der Waals surface area (Å²) in [5, 5.41) is 9.65. The number of ether oxygens (including phenoxy) is 1. The minimum absolute atomic E-state index is 0.0969. The maximum absolute atomic E-state index is 9.02. The van der Waals surface area contributed by atoms with Gasteiger partial charge in [0.05, 0.1) is 0 Å². The summed E-state index contributed by atoms with van der Waals surface area (Å²) in [7, 11) is 0. The summed E-state index contributed by atoms with van der Waals surface area (Å²) in [6, 6.07) is 13.0. The molecule has 0 unspecified atom stereocenters. The first-order valence-electron chi connectivity index (χ1n) is 6.06. The van der Waals surface area contributed by atoms with E-state index in [1.54, 1.807) is 18.2 Å². The van der Waals surface area contributed by atoms with Crippen molar-refractivity contribution >= 4 is 17.3 Å². The molecule has 0 heterocycles. The lowest BCUT2D eigenvalue weighted by Gasteiger charge is -2.12. The Morgan fingerprint density at radius 1 is 1.11 bits per heavy atom. The molecule has 3 nitrogen and oxygen atoms in total. The van der Waals surface area contributed by atoms with E-state index in [2.05, 4.69) is 0 Å². The lowest BCUT2D eigenvalue weighted by Crippen LogP contribution is -2.02. The summed E-state index contributed by atoms with van der Waals surface area (Å²) in [5.74, 6) is 0.760. The lowest BCUT2D eigenvalue weighted by atomic mass is 10.1. The number of aliphatic hydroxyl groups is 1. The number of halogens is 1. The van der Waals surface area contributed by atoms with Crippen LogP contribution in [-0.2, 0) is 13.0 Å². The first-order valence-corrected chi connectivity index (χ1v) is 6.44. The fourth-order valence-electron chi connectivity index (χ4n) is 1.83. The van der Waals surface area contributed by atoms with Gasteiger partial charge in [0.1, 0.15) is 12.4 Å². The molecule has 0 saturated heterocycles. The minimum atomic E-state index is 0.0969. The molecule has 0 radical (unpaired) electrons. The van der Waals surface area contributed by atoms with Gasteiger partial charge in [0.15, 0.2) is 0 Å². The first-order chi connectivity index (χ1) is 9.20. The number of para-hydroxylation sites is 1. The van der Waals surface area contributed by atoms with Crippen LogP contribution in [0, 0.1) is 0 Å². The lowest BCUT2D eigenvalue weighted by molar-refractivity contribution is 0.284. The Labute approximate surface area is 117 Å². The molecule has 0 aliphatic carbocycles. The van der Waals surface area contributed by atoms with Crippen molar-refractivity contribution in [1.82, 2.24) is 0 Å². The van der Waals surface area contributed by atoms with E-state index in [9.17, 15) is 0 Å². The van der Waals surface area contributed by atoms with Gasteiger partial charge in [-0.2, -0.15) is 0 Å². The molecule has 0 fully saturated rings. The van der Waals surface area contributed by atoms with Crippen molar-refractivity contribution in [3.8, 4) is 5.75 Å². The maximum atomic E-state index is 9.02. The molecule has 0 saturated carbocycles. The molecule has 0 aromatic heterocycles. The highest BCUT2D eigenvalue weighted by Gasteiger charge is 2.05. The molecule has 100 valence electrons. The smallest absolute Gasteiger partial charge is 0.123 e. The number of nitrogens with two attached hydrogens (primary N) is 1. The van der Waals surface area contributed by atoms with Gasteiger partial charge in [-0.15, -0.1) is 0 Å². The Balaban J connectivity index is 2.12. The zero-order valence-corrected chi connectivity index (χ0v) is 11.2. The minimum Gasteiger partial charge on any atom is -0.489 e. The fourth-order valence-corrected chi connectivity index (χ4v) is 2.02. The van der Waals surface area contributed by atoms with Crippen molar-refractivity contribution in [3.63, 3.8) is 0 Å². The van der Waals surface area contributed by atoms with Gasteiger partial charge in [0, 0.05) is 22.9 Å². The standard InChI is InChI=1S/C15H16ClNO2/c16-13-5-6-14(17)12(9-13)10-19-15-4-2-1-3-11(15)7-8-18/h1-6,9,18H,7-8,10,17H2. The Kier molecular flexibility index (Phi) is 4.66. The fraction of sp³-hybridized carbons (Fsp3) is 0.200. The molecule has 0 spiro atoms. The topological polar surface area (TPSA) is 55.5 Å². The Morgan fingerprint density at radius 2 is 1.89 bits per heavy atom. The van der Waals surface area contributed by atoms with Crippen LogP contribution in [0.4, 0.5) is 5.69 Å². The summed E-state index contributed by atoms with van der Waals surface area (Å²) < 4.78 is 5.76. The number of hydrogen-bond donors (Lipinski definition) is 2. The quantitative estimate of drug-likeness (QED) is 0.826. The van der Waals surface area contributed by atoms with Crippen LogP contribution in [0.2, 0.25) is 5.02 Å². The Morgan fingerprint density at radius 3 is 2.68 bits per heavy atom. The molecule has 0 bridgehead atoms. The molecule has 2 aromatic carbocycles. The van der Waals surface area contributed by atoms with Crippen LogP contribution in [0.15, 0.2) is 42.5 Å². The number of nitrogen functional groups attached to an aromatic ring is 1. The van der Waals surface area contributed by atoms with Gasteiger partial charge < -0.3 is 15.6 Å². The molecule has 0 aliphatic heterocycles. The third-order valence-electron chi connectivity index (χ3n) is 2.84. The van der Waals surface area contributed by atoms with Crippen molar-refractivity contribution in [1.29, 1.82) is 0 Å². The van der Waals surface area contributed by atoms with Crippen molar-refractivity contribution in [2.24, 2.45) is 0 Å². The summed E-state index contributed by atoms with van der Waals surface area (Å²) in [6.45, 7) is 0.453. The summed E-state index contributed by atoms with van der Waals surface area (Å²) in [5.41, 5.74) is 8.36. The van der Waals surface area contributed by atoms with Gasteiger partial charge in [-0.1, -0.05) is 29.8 Å². The second kappa shape index (κ2) is 6.45. The SMILES string of the molecule is Nc1ccc(Cl)cc1COc1ccccc1CCO. The second-order valence-electron chi connectivity index (χ2n) is 4.21. The van der Waals surface area contributed by atoms with Crippen LogP contribution >= 0.6 is 11.6 Å². The highest BCUT2D eigenvalue weighted by Crippen LogP contribution is 2.23. The van der Waals surface area contributed by atoms with Crippen LogP contribution in [0.1, 0.15) is 11.1 Å². The number of benzene rings is 2. The van der Waals surface area contributed by atoms with Crippen LogP contribution in [0.3, 0.4) is 0 Å². The zero-order valence-electron chi connectivity index (χ0n) is 10.5. The predicted octanol–water partition coefficient (Wildman–Crippen LogP) is 3.04. The number of hydrogen-bond acceptors (Lipinski definition) is 3. The largest absolute Gasteiger partial charge is 0.489 e. The van der Waals surface area contributed by atoms with E-state index >= 15 is 0 Å². The van der Waals surface area contributed by atoms with Crippen molar-refractivity contribution in [2.45, 2.75) is 13.0 Å². The van der Waals surface area contributed by atoms with E-state index in [1.807, 2.05) is 24.3 Å². The highest BCUT2D eigenvalue weighted by atomic mass is 35.5. The first kappa shape index (κ1) is 13.7. The molecule has 2 rings (SSSR count). The van der Waals surface area contributed by atoms with E-state index in [-0.39, 0.29) is 6.61 Å². The molecular formula is C15H16ClNO2. The average Bonchev–Trinajstić information content (AvgIpc) is 2.42. The van der Waals surface area contributed by atoms with E-state index in [0.29, 0.717) is 23.7 Å². The third kappa shape index (κ3) is 3.63. The molecule has 0 aliphatic rings. The average molecular weight is 278 g/mol. The van der Waals surface area contributed by atoms with E-state index < -0.39 is 0 Å². The molecular weight excluding hydrogens is 262 g/mol. The van der Waals surface area contributed by atoms with Crippen LogP contribution in [0.5, 0.6) is 5.75 Å². The summed E-state index contributed by atoms with van der Waals surface area (Å²) in [6.07, 6.45) is 0.571. The van der Waals surface area contributed by atoms with Gasteiger partial charge in [0.2, 0.25) is 0 Å². The van der Waals surface area contributed by atoms with Crippen molar-refractivity contribution < 1.29 is 9.84 Å².